The summed E-state index contributed by atoms with van der Waals surface area (Å²) in [4.78, 5) is 12.5. The van der Waals surface area contributed by atoms with Crippen LogP contribution < -0.4 is 0 Å². The highest BCUT2D eigenvalue weighted by Crippen LogP contribution is 2.22. The maximum Gasteiger partial charge on any atom is 0.313 e. The van der Waals surface area contributed by atoms with Crippen molar-refractivity contribution in [3.05, 3.63) is 35.9 Å². The van der Waals surface area contributed by atoms with E-state index in [0.29, 0.717) is 12.5 Å². The Bertz CT molecular complexity index is 481. The zero-order chi connectivity index (χ0) is 21.2. The molecule has 0 aromatic heterocycles. The van der Waals surface area contributed by atoms with Gasteiger partial charge in [0.05, 0.1) is 12.5 Å². The minimum atomic E-state index is -0.181. The molecule has 0 fully saturated rings. The van der Waals surface area contributed by atoms with E-state index < -0.39 is 0 Å². The van der Waals surface area contributed by atoms with Gasteiger partial charge >= 0.3 is 5.97 Å². The topological polar surface area (TPSA) is 26.3 Å². The molecule has 1 aromatic rings. The Morgan fingerprint density at radius 2 is 1.24 bits per heavy atom. The lowest BCUT2D eigenvalue weighted by Crippen LogP contribution is -2.18. The lowest BCUT2D eigenvalue weighted by atomic mass is 9.94. The number of hydrogen-bond donors (Lipinski definition) is 0. The minimum absolute atomic E-state index is 0.0768. The smallest absolute Gasteiger partial charge is 0.313 e. The highest BCUT2D eigenvalue weighted by atomic mass is 16.5. The van der Waals surface area contributed by atoms with Crippen molar-refractivity contribution in [2.24, 2.45) is 5.92 Å². The van der Waals surface area contributed by atoms with Gasteiger partial charge in [0.2, 0.25) is 0 Å². The monoisotopic (exact) mass is 402 g/mol. The first kappa shape index (κ1) is 25.7. The highest BCUT2D eigenvalue weighted by molar-refractivity contribution is 5.77. The Labute approximate surface area is 180 Å². The lowest BCUT2D eigenvalue weighted by Gasteiger charge is -2.19. The largest absolute Gasteiger partial charge is 0.465 e. The van der Waals surface area contributed by atoms with Gasteiger partial charge in [0, 0.05) is 0 Å². The molecule has 0 radical (unpaired) electrons. The third-order valence-electron chi connectivity index (χ3n) is 6.05. The van der Waals surface area contributed by atoms with Crippen molar-refractivity contribution >= 4 is 5.97 Å². The Kier molecular flexibility index (Phi) is 15.6. The Morgan fingerprint density at radius 3 is 1.76 bits per heavy atom. The summed E-state index contributed by atoms with van der Waals surface area (Å²) in [6.07, 6.45) is 18.3. The normalized spacial score (nSPS) is 12.3. The molecule has 1 rings (SSSR count). The average Bonchev–Trinajstić information content (AvgIpc) is 2.76. The molecule has 29 heavy (non-hydrogen) atoms. The first-order chi connectivity index (χ1) is 14.2. The van der Waals surface area contributed by atoms with Gasteiger partial charge in [-0.25, -0.2) is 0 Å². The summed E-state index contributed by atoms with van der Waals surface area (Å²) in [5.41, 5.74) is 1.04. The van der Waals surface area contributed by atoms with Crippen molar-refractivity contribution < 1.29 is 9.53 Å². The van der Waals surface area contributed by atoms with E-state index in [1.54, 1.807) is 0 Å². The fourth-order valence-electron chi connectivity index (χ4n) is 3.94. The van der Waals surface area contributed by atoms with Crippen LogP contribution in [0.5, 0.6) is 0 Å². The van der Waals surface area contributed by atoms with E-state index in [4.69, 9.17) is 4.74 Å². The zero-order valence-corrected chi connectivity index (χ0v) is 19.5. The van der Waals surface area contributed by atoms with Gasteiger partial charge in [0.15, 0.2) is 0 Å². The van der Waals surface area contributed by atoms with Gasteiger partial charge < -0.3 is 4.74 Å². The van der Waals surface area contributed by atoms with E-state index in [2.05, 4.69) is 13.8 Å². The molecule has 2 nitrogen and oxygen atoms in total. The van der Waals surface area contributed by atoms with Crippen LogP contribution >= 0.6 is 0 Å². The van der Waals surface area contributed by atoms with Crippen LogP contribution in [0.1, 0.15) is 122 Å². The lowest BCUT2D eigenvalue weighted by molar-refractivity contribution is -0.146. The number of carbonyl (C=O) groups excluding carboxylic acids is 1. The molecule has 0 amide bonds. The number of benzene rings is 1. The van der Waals surface area contributed by atoms with Gasteiger partial charge in [-0.05, 0) is 31.2 Å². The van der Waals surface area contributed by atoms with E-state index in [0.717, 1.165) is 5.56 Å². The molecule has 0 N–H and O–H groups in total. The summed E-state index contributed by atoms with van der Waals surface area (Å²) in [7, 11) is 0. The highest BCUT2D eigenvalue weighted by Gasteiger charge is 2.18. The van der Waals surface area contributed by atoms with E-state index in [9.17, 15) is 4.79 Å². The number of esters is 1. The quantitative estimate of drug-likeness (QED) is 0.182. The van der Waals surface area contributed by atoms with Gasteiger partial charge in [-0.15, -0.1) is 0 Å². The predicted octanol–water partition coefficient (Wildman–Crippen LogP) is 8.45. The molecule has 0 saturated carbocycles. The van der Waals surface area contributed by atoms with Crippen molar-refractivity contribution in [1.29, 1.82) is 0 Å². The summed E-state index contributed by atoms with van der Waals surface area (Å²) in [6, 6.07) is 9.97. The molecular weight excluding hydrogens is 356 g/mol. The number of rotatable bonds is 18. The van der Waals surface area contributed by atoms with E-state index in [1.165, 1.54) is 89.9 Å². The fourth-order valence-corrected chi connectivity index (χ4v) is 3.94. The Morgan fingerprint density at radius 1 is 0.759 bits per heavy atom. The van der Waals surface area contributed by atoms with Crippen LogP contribution in [0.3, 0.4) is 0 Å². The van der Waals surface area contributed by atoms with Crippen molar-refractivity contribution in [1.82, 2.24) is 0 Å². The molecule has 0 aliphatic heterocycles. The third-order valence-corrected chi connectivity index (χ3v) is 6.05. The summed E-state index contributed by atoms with van der Waals surface area (Å²) in [6.45, 7) is 7.08. The van der Waals surface area contributed by atoms with E-state index in [1.807, 2.05) is 37.3 Å². The molecule has 0 aliphatic carbocycles. The van der Waals surface area contributed by atoms with Crippen LogP contribution in [0, 0.1) is 5.92 Å². The van der Waals surface area contributed by atoms with Crippen molar-refractivity contribution in [3.8, 4) is 0 Å². The number of hydrogen-bond acceptors (Lipinski definition) is 2. The minimum Gasteiger partial charge on any atom is -0.465 e. The molecule has 1 unspecified atom stereocenters. The molecule has 0 aliphatic rings. The molecule has 1 aromatic carbocycles. The summed E-state index contributed by atoms with van der Waals surface area (Å²) < 4.78 is 5.77. The molecule has 2 heteroatoms. The van der Waals surface area contributed by atoms with Crippen molar-refractivity contribution in [3.63, 3.8) is 0 Å². The van der Waals surface area contributed by atoms with Crippen LogP contribution in [-0.4, -0.2) is 12.6 Å². The average molecular weight is 403 g/mol. The summed E-state index contributed by atoms with van der Waals surface area (Å²) in [5.74, 6) is 0.270. The van der Waals surface area contributed by atoms with Crippen LogP contribution in [0.4, 0.5) is 0 Å². The first-order valence-electron chi connectivity index (χ1n) is 12.4. The maximum atomic E-state index is 12.5. The zero-order valence-electron chi connectivity index (χ0n) is 19.5. The van der Waals surface area contributed by atoms with Crippen LogP contribution in [-0.2, 0) is 9.53 Å². The number of ether oxygens (including phenoxy) is 1. The van der Waals surface area contributed by atoms with Crippen LogP contribution in [0.15, 0.2) is 30.3 Å². The van der Waals surface area contributed by atoms with Gasteiger partial charge in [0.1, 0.15) is 0 Å². The second-order valence-electron chi connectivity index (χ2n) is 8.74. The Balaban J connectivity index is 2.37. The first-order valence-corrected chi connectivity index (χ1v) is 12.4. The maximum absolute atomic E-state index is 12.5. The van der Waals surface area contributed by atoms with Crippen LogP contribution in [0.25, 0.3) is 0 Å². The number of carbonyl (C=O) groups is 1. The van der Waals surface area contributed by atoms with E-state index >= 15 is 0 Å². The molecule has 1 atom stereocenters. The van der Waals surface area contributed by atoms with Crippen molar-refractivity contribution in [2.45, 2.75) is 117 Å². The second-order valence-corrected chi connectivity index (χ2v) is 8.74. The summed E-state index contributed by atoms with van der Waals surface area (Å²) in [5, 5.41) is 0. The SMILES string of the molecule is CCCCCCCCC(CCCCCCCC)COC(=O)C(C)c1ccccc1. The molecule has 0 spiro atoms. The molecule has 0 heterocycles. The van der Waals surface area contributed by atoms with Gasteiger partial charge in [0.25, 0.3) is 0 Å². The van der Waals surface area contributed by atoms with Crippen molar-refractivity contribution in [2.75, 3.05) is 6.61 Å². The molecular formula is C27H46O2. The standard InChI is InChI=1S/C27H46O2/c1-4-6-8-10-12-15-19-25(20-16-13-11-9-7-5-2)23-29-27(28)24(3)26-21-17-14-18-22-26/h14,17-18,21-22,24-25H,4-13,15-16,19-20,23H2,1-3H3. The molecule has 166 valence electrons. The van der Waals surface area contributed by atoms with Gasteiger partial charge in [-0.3, -0.25) is 4.79 Å². The molecule has 0 saturated heterocycles. The van der Waals surface area contributed by atoms with Gasteiger partial charge in [-0.2, -0.15) is 0 Å². The van der Waals surface area contributed by atoms with E-state index in [-0.39, 0.29) is 11.9 Å². The van der Waals surface area contributed by atoms with Gasteiger partial charge in [-0.1, -0.05) is 121 Å². The second kappa shape index (κ2) is 17.5. The Hall–Kier alpha value is -1.31. The molecule has 0 bridgehead atoms. The fraction of sp³-hybridized carbons (Fsp3) is 0.741. The number of unbranched alkanes of at least 4 members (excludes halogenated alkanes) is 10. The third kappa shape index (κ3) is 12.8. The van der Waals surface area contributed by atoms with Crippen LogP contribution in [0.2, 0.25) is 0 Å². The summed E-state index contributed by atoms with van der Waals surface area (Å²) >= 11 is 0. The predicted molar refractivity (Wildman–Crippen MR) is 125 cm³/mol.